The minimum atomic E-state index is -0.271. The van der Waals surface area contributed by atoms with Gasteiger partial charge in [-0.05, 0) is 268 Å². The number of hydrogen-bond donors (Lipinski definition) is 0. The molecule has 17 rings (SSSR count). The van der Waals surface area contributed by atoms with Crippen molar-refractivity contribution < 1.29 is 0 Å². The molecule has 52 heavy (non-hydrogen) atoms. The van der Waals surface area contributed by atoms with Gasteiger partial charge in [0.1, 0.15) is 0 Å². The van der Waals surface area contributed by atoms with E-state index in [-0.39, 0.29) is 27.0 Å². The number of rotatable bonds is 8. The first-order valence-electron chi connectivity index (χ1n) is 23.4. The largest absolute Gasteiger partial charge is 0.0953 e. The molecular weight excluding hydrogens is 660 g/mol. The number of benzene rings is 1. The van der Waals surface area contributed by atoms with Gasteiger partial charge in [-0.3, -0.25) is 0 Å². The summed E-state index contributed by atoms with van der Waals surface area (Å²) in [5.74, 6) is 12.2. The molecule has 4 radical (unpaired) electrons. The van der Waals surface area contributed by atoms with E-state index >= 15 is 0 Å². The quantitative estimate of drug-likeness (QED) is 0.185. The minimum absolute atomic E-state index is 0.264. The zero-order chi connectivity index (χ0) is 34.2. The molecule has 4 heteroatoms. The molecular formula is C48H66B2P2. The Morgan fingerprint density at radius 2 is 0.481 bits per heavy atom. The van der Waals surface area contributed by atoms with E-state index < -0.39 is 0 Å². The Labute approximate surface area is 322 Å². The average molecular weight is 727 g/mol. The van der Waals surface area contributed by atoms with E-state index in [4.69, 9.17) is 15.7 Å². The molecule has 0 nitrogen and oxygen atoms in total. The Balaban J connectivity index is 0.863. The van der Waals surface area contributed by atoms with Crippen LogP contribution in [0.2, 0.25) is 0 Å². The van der Waals surface area contributed by atoms with Crippen LogP contribution in [-0.2, 0) is 0 Å². The van der Waals surface area contributed by atoms with Crippen molar-refractivity contribution >= 4 is 31.5 Å². The molecule has 2 unspecified atom stereocenters. The van der Waals surface area contributed by atoms with Gasteiger partial charge in [0, 0.05) is 0 Å². The van der Waals surface area contributed by atoms with Crippen LogP contribution in [0.4, 0.5) is 0 Å². The molecule has 274 valence electrons. The first-order chi connectivity index (χ1) is 25.2. The maximum absolute atomic E-state index is 7.97. The van der Waals surface area contributed by atoms with Crippen molar-refractivity contribution in [3.63, 3.8) is 0 Å². The Hall–Kier alpha value is 0.210. The van der Waals surface area contributed by atoms with Crippen molar-refractivity contribution in [3.8, 4) is 0 Å². The van der Waals surface area contributed by atoms with Crippen LogP contribution in [0.5, 0.6) is 0 Å². The Morgan fingerprint density at radius 3 is 0.635 bits per heavy atom. The van der Waals surface area contributed by atoms with Gasteiger partial charge in [0.25, 0.3) is 0 Å². The molecule has 0 saturated heterocycles. The van der Waals surface area contributed by atoms with Gasteiger partial charge in [0.2, 0.25) is 0 Å². The Kier molecular flexibility index (Phi) is 7.31. The van der Waals surface area contributed by atoms with Crippen LogP contribution in [0.25, 0.3) is 0 Å². The Bertz CT molecular complexity index is 1250. The summed E-state index contributed by atoms with van der Waals surface area (Å²) in [6.07, 6.45) is 37.2. The Morgan fingerprint density at radius 1 is 0.327 bits per heavy atom. The van der Waals surface area contributed by atoms with Crippen LogP contribution < -0.4 is 0 Å². The van der Waals surface area contributed by atoms with Gasteiger partial charge in [0.15, 0.2) is 0 Å². The summed E-state index contributed by atoms with van der Waals surface area (Å²) in [7, 11) is 15.4. The molecule has 2 atom stereocenters. The lowest BCUT2D eigenvalue weighted by Crippen LogP contribution is -2.57. The second-order valence-electron chi connectivity index (χ2n) is 23.9. The monoisotopic (exact) mass is 726 g/mol. The second kappa shape index (κ2) is 11.4. The summed E-state index contributed by atoms with van der Waals surface area (Å²) in [6, 6.07) is 10.4. The van der Waals surface area contributed by atoms with E-state index in [9.17, 15) is 0 Å². The van der Waals surface area contributed by atoms with Crippen LogP contribution in [0, 0.1) is 71.0 Å². The summed E-state index contributed by atoms with van der Waals surface area (Å²) < 4.78 is 0. The van der Waals surface area contributed by atoms with Crippen molar-refractivity contribution in [1.82, 2.24) is 0 Å². The van der Waals surface area contributed by atoms with Crippen molar-refractivity contribution in [2.75, 3.05) is 0 Å². The highest BCUT2D eigenvalue weighted by Gasteiger charge is 2.65. The van der Waals surface area contributed by atoms with Gasteiger partial charge >= 0.3 is 0 Å². The van der Waals surface area contributed by atoms with Gasteiger partial charge < -0.3 is 0 Å². The fourth-order valence-electron chi connectivity index (χ4n) is 20.8. The molecule has 0 N–H and O–H groups in total. The summed E-state index contributed by atoms with van der Waals surface area (Å²) in [4.78, 5) is 0. The first kappa shape index (κ1) is 33.2. The normalized spacial score (nSPS) is 56.3. The highest BCUT2D eigenvalue weighted by molar-refractivity contribution is 7.63. The molecule has 0 heterocycles. The third kappa shape index (κ3) is 4.86. The van der Waals surface area contributed by atoms with E-state index in [1.54, 1.807) is 154 Å². The lowest BCUT2D eigenvalue weighted by molar-refractivity contribution is 0.0180. The predicted octanol–water partition coefficient (Wildman–Crippen LogP) is 12.9. The topological polar surface area (TPSA) is 0 Å². The van der Waals surface area contributed by atoms with Gasteiger partial charge in [-0.2, -0.15) is 0 Å². The summed E-state index contributed by atoms with van der Waals surface area (Å²) >= 11 is 0. The minimum Gasteiger partial charge on any atom is -0.0953 e. The van der Waals surface area contributed by atoms with Crippen LogP contribution in [-0.4, -0.2) is 36.3 Å². The standard InChI is InChI=1S/C48H66B2P2/c49-43(51(45-17-29-5-30(18-45)7-31(6-29)19-45)46-20-32-8-33(21-46)10-34(9-32)22-46)41-1-2-42(4-3-41)44(50)52(47-23-35-11-36(24-47)13-37(12-35)25-47)48-26-38-14-39(27-48)16-40(15-38)28-48/h1-4,29-40,43-44H,5-28H2. The molecule has 16 fully saturated rings. The van der Waals surface area contributed by atoms with Gasteiger partial charge in [-0.25, -0.2) is 0 Å². The second-order valence-corrected chi connectivity index (χ2v) is 30.3. The molecule has 0 aromatic heterocycles. The highest BCUT2D eigenvalue weighted by atomic mass is 31.1. The fourth-order valence-corrected chi connectivity index (χ4v) is 31.6. The van der Waals surface area contributed by atoms with E-state index in [2.05, 4.69) is 24.3 Å². The summed E-state index contributed by atoms with van der Waals surface area (Å²) in [5.41, 5.74) is 3.56. The smallest absolute Gasteiger partial charge is 0.0827 e. The summed E-state index contributed by atoms with van der Waals surface area (Å²) in [5, 5.41) is 2.32. The van der Waals surface area contributed by atoms with E-state index in [1.807, 2.05) is 0 Å². The predicted molar refractivity (Wildman–Crippen MR) is 221 cm³/mol. The summed E-state index contributed by atoms with van der Waals surface area (Å²) in [6.45, 7) is 0. The van der Waals surface area contributed by atoms with Gasteiger partial charge in [-0.1, -0.05) is 40.1 Å². The van der Waals surface area contributed by atoms with Crippen LogP contribution in [0.3, 0.4) is 0 Å². The highest BCUT2D eigenvalue weighted by Crippen LogP contribution is 2.84. The SMILES string of the molecule is [B]C(c1ccc(C([B])P(C23CC4CC(CC(C4)C2)C3)C23CC4CC(CC(C4)C2)C3)cc1)P(C12CC3CC(CC(C3)C1)C2)C12CC3CC(CC(C3)C1)C2. The van der Waals surface area contributed by atoms with Crippen molar-refractivity contribution in [2.45, 2.75) is 186 Å². The van der Waals surface area contributed by atoms with Crippen LogP contribution in [0.15, 0.2) is 24.3 Å². The zero-order valence-corrected chi connectivity index (χ0v) is 34.2. The molecule has 16 aliphatic rings. The van der Waals surface area contributed by atoms with Crippen molar-refractivity contribution in [2.24, 2.45) is 71.0 Å². The first-order valence-corrected chi connectivity index (χ1v) is 26.2. The fraction of sp³-hybridized carbons (Fsp3) is 0.875. The third-order valence-electron chi connectivity index (χ3n) is 20.2. The molecule has 1 aromatic rings. The van der Waals surface area contributed by atoms with Crippen molar-refractivity contribution in [1.29, 1.82) is 0 Å². The van der Waals surface area contributed by atoms with Crippen LogP contribution >= 0.6 is 15.8 Å². The molecule has 0 spiro atoms. The zero-order valence-electron chi connectivity index (χ0n) is 32.4. The van der Waals surface area contributed by atoms with E-state index in [1.165, 1.54) is 11.1 Å². The van der Waals surface area contributed by atoms with Crippen molar-refractivity contribution in [3.05, 3.63) is 35.4 Å². The molecule has 1 aromatic carbocycles. The average Bonchev–Trinajstić information content (AvgIpc) is 3.05. The molecule has 16 aliphatic carbocycles. The maximum atomic E-state index is 7.97. The van der Waals surface area contributed by atoms with Crippen LogP contribution in [0.1, 0.15) is 176 Å². The lowest BCUT2D eigenvalue weighted by atomic mass is 9.55. The maximum Gasteiger partial charge on any atom is 0.0827 e. The van der Waals surface area contributed by atoms with E-state index in [0.717, 1.165) is 71.0 Å². The lowest BCUT2D eigenvalue weighted by Gasteiger charge is -2.69. The third-order valence-corrected chi connectivity index (χ3v) is 28.2. The van der Waals surface area contributed by atoms with Gasteiger partial charge in [-0.15, -0.1) is 0 Å². The molecule has 16 bridgehead atoms. The molecule has 0 aliphatic heterocycles. The molecule has 0 amide bonds. The van der Waals surface area contributed by atoms with E-state index in [0.29, 0.717) is 20.6 Å². The number of hydrogen-bond acceptors (Lipinski definition) is 0. The molecule has 16 saturated carbocycles. The van der Waals surface area contributed by atoms with Gasteiger partial charge in [0.05, 0.1) is 15.7 Å².